The van der Waals surface area contributed by atoms with E-state index in [0.29, 0.717) is 5.92 Å². The molecule has 12 heavy (non-hydrogen) atoms. The predicted octanol–water partition coefficient (Wildman–Crippen LogP) is 3.03. The molecule has 1 rings (SSSR count). The highest BCUT2D eigenvalue weighted by Crippen LogP contribution is 2.31. The minimum absolute atomic E-state index is 0.497. The van der Waals surface area contributed by atoms with Gasteiger partial charge in [-0.3, -0.25) is 0 Å². The average molecular weight is 182 g/mol. The average Bonchev–Trinajstić information content (AvgIpc) is 2.05. The highest BCUT2D eigenvalue weighted by Gasteiger charge is 2.26. The van der Waals surface area contributed by atoms with Crippen LogP contribution < -0.4 is 0 Å². The lowest BCUT2D eigenvalue weighted by Gasteiger charge is -2.21. The Hall–Kier alpha value is -0.740. The molecule has 0 bridgehead atoms. The number of nitriles is 1. The van der Waals surface area contributed by atoms with E-state index in [1.807, 2.05) is 12.2 Å². The van der Waals surface area contributed by atoms with E-state index in [0.717, 1.165) is 12.0 Å². The van der Waals surface area contributed by atoms with Gasteiger partial charge in [0.15, 0.2) is 0 Å². The van der Waals surface area contributed by atoms with Crippen molar-refractivity contribution in [2.75, 3.05) is 0 Å². The van der Waals surface area contributed by atoms with Gasteiger partial charge in [-0.25, -0.2) is 0 Å². The van der Waals surface area contributed by atoms with Gasteiger partial charge >= 0.3 is 0 Å². The SMILES string of the molecule is CC1C=CC=C(C(C)(Cl)C#N)C1. The molecule has 0 saturated heterocycles. The van der Waals surface area contributed by atoms with Crippen molar-refractivity contribution in [3.63, 3.8) is 0 Å². The van der Waals surface area contributed by atoms with Gasteiger partial charge in [-0.2, -0.15) is 5.26 Å². The first-order valence-corrected chi connectivity index (χ1v) is 4.42. The van der Waals surface area contributed by atoms with E-state index >= 15 is 0 Å². The van der Waals surface area contributed by atoms with E-state index in [-0.39, 0.29) is 0 Å². The molecule has 2 heteroatoms. The molecule has 2 unspecified atom stereocenters. The van der Waals surface area contributed by atoms with Gasteiger partial charge in [0.2, 0.25) is 0 Å². The second-order valence-corrected chi connectivity index (χ2v) is 4.13. The molecule has 1 aliphatic carbocycles. The Morgan fingerprint density at radius 3 is 2.92 bits per heavy atom. The molecule has 0 aromatic carbocycles. The number of alkyl halides is 1. The molecule has 0 heterocycles. The molecule has 0 spiro atoms. The molecule has 0 saturated carbocycles. The summed E-state index contributed by atoms with van der Waals surface area (Å²) < 4.78 is 0. The van der Waals surface area contributed by atoms with Gasteiger partial charge in [-0.15, -0.1) is 0 Å². The zero-order valence-corrected chi connectivity index (χ0v) is 8.10. The first-order valence-electron chi connectivity index (χ1n) is 4.04. The third-order valence-electron chi connectivity index (χ3n) is 2.09. The summed E-state index contributed by atoms with van der Waals surface area (Å²) in [6, 6.07) is 2.09. The number of hydrogen-bond acceptors (Lipinski definition) is 1. The van der Waals surface area contributed by atoms with Crippen molar-refractivity contribution in [2.24, 2.45) is 5.92 Å². The minimum atomic E-state index is -0.820. The summed E-state index contributed by atoms with van der Waals surface area (Å²) in [6.45, 7) is 3.86. The van der Waals surface area contributed by atoms with Gasteiger partial charge in [0.05, 0.1) is 6.07 Å². The fraction of sp³-hybridized carbons (Fsp3) is 0.500. The molecule has 1 nitrogen and oxygen atoms in total. The van der Waals surface area contributed by atoms with Crippen LogP contribution in [0.1, 0.15) is 20.3 Å². The molecule has 0 radical (unpaired) electrons. The van der Waals surface area contributed by atoms with Gasteiger partial charge in [0, 0.05) is 0 Å². The Balaban J connectivity index is 2.85. The van der Waals surface area contributed by atoms with E-state index in [1.54, 1.807) is 6.92 Å². The number of rotatable bonds is 1. The first kappa shape index (κ1) is 9.35. The fourth-order valence-electron chi connectivity index (χ4n) is 1.26. The Bertz CT molecular complexity index is 268. The van der Waals surface area contributed by atoms with Crippen molar-refractivity contribution in [3.05, 3.63) is 23.8 Å². The molecule has 2 atom stereocenters. The van der Waals surface area contributed by atoms with E-state index in [1.165, 1.54) is 0 Å². The smallest absolute Gasteiger partial charge is 0.149 e. The van der Waals surface area contributed by atoms with Crippen LogP contribution in [0.4, 0.5) is 0 Å². The Kier molecular flexibility index (Phi) is 2.59. The number of nitrogens with zero attached hydrogens (tertiary/aromatic N) is 1. The topological polar surface area (TPSA) is 23.8 Å². The maximum absolute atomic E-state index is 8.79. The third-order valence-corrected chi connectivity index (χ3v) is 2.42. The van der Waals surface area contributed by atoms with E-state index in [9.17, 15) is 0 Å². The summed E-state index contributed by atoms with van der Waals surface area (Å²) in [6.07, 6.45) is 6.93. The maximum Gasteiger partial charge on any atom is 0.149 e. The number of halogens is 1. The van der Waals surface area contributed by atoms with Crippen LogP contribution in [0.2, 0.25) is 0 Å². The molecule has 0 N–H and O–H groups in total. The minimum Gasteiger partial charge on any atom is -0.196 e. The molecule has 0 aromatic heterocycles. The van der Waals surface area contributed by atoms with Crippen LogP contribution >= 0.6 is 11.6 Å². The molecule has 0 amide bonds. The summed E-state index contributed by atoms with van der Waals surface area (Å²) in [7, 11) is 0. The van der Waals surface area contributed by atoms with Crippen molar-refractivity contribution < 1.29 is 0 Å². The van der Waals surface area contributed by atoms with E-state index in [4.69, 9.17) is 16.9 Å². The number of allylic oxidation sites excluding steroid dienone is 4. The maximum atomic E-state index is 8.79. The predicted molar refractivity (Wildman–Crippen MR) is 50.9 cm³/mol. The van der Waals surface area contributed by atoms with Crippen LogP contribution in [-0.2, 0) is 0 Å². The molecule has 0 fully saturated rings. The van der Waals surface area contributed by atoms with Crippen molar-refractivity contribution in [1.29, 1.82) is 5.26 Å². The fourth-order valence-corrected chi connectivity index (χ4v) is 1.40. The largest absolute Gasteiger partial charge is 0.196 e. The van der Waals surface area contributed by atoms with E-state index in [2.05, 4.69) is 19.1 Å². The quantitative estimate of drug-likeness (QED) is 0.571. The summed E-state index contributed by atoms with van der Waals surface area (Å²) >= 11 is 6.00. The van der Waals surface area contributed by atoms with Gasteiger partial charge in [0.25, 0.3) is 0 Å². The van der Waals surface area contributed by atoms with Crippen LogP contribution in [0.25, 0.3) is 0 Å². The normalized spacial score (nSPS) is 27.2. The lowest BCUT2D eigenvalue weighted by molar-refractivity contribution is 0.667. The van der Waals surface area contributed by atoms with Gasteiger partial charge in [0.1, 0.15) is 4.87 Å². The summed E-state index contributed by atoms with van der Waals surface area (Å²) in [5.74, 6) is 0.497. The first-order chi connectivity index (χ1) is 5.56. The lowest BCUT2D eigenvalue weighted by atomic mass is 9.88. The number of hydrogen-bond donors (Lipinski definition) is 0. The van der Waals surface area contributed by atoms with Gasteiger partial charge < -0.3 is 0 Å². The van der Waals surface area contributed by atoms with E-state index < -0.39 is 4.87 Å². The van der Waals surface area contributed by atoms with Crippen LogP contribution in [0.5, 0.6) is 0 Å². The van der Waals surface area contributed by atoms with Gasteiger partial charge in [-0.1, -0.05) is 36.8 Å². The second-order valence-electron chi connectivity index (χ2n) is 3.37. The lowest BCUT2D eigenvalue weighted by Crippen LogP contribution is -2.19. The Labute approximate surface area is 78.3 Å². The Morgan fingerprint density at radius 1 is 1.75 bits per heavy atom. The van der Waals surface area contributed by atoms with Crippen molar-refractivity contribution in [1.82, 2.24) is 0 Å². The molecular formula is C10H12ClN. The monoisotopic (exact) mass is 181 g/mol. The summed E-state index contributed by atoms with van der Waals surface area (Å²) in [5.41, 5.74) is 1.02. The van der Waals surface area contributed by atoms with Crippen molar-refractivity contribution in [2.45, 2.75) is 25.1 Å². The van der Waals surface area contributed by atoms with Crippen LogP contribution in [0.15, 0.2) is 23.8 Å². The molecule has 64 valence electrons. The second kappa shape index (κ2) is 3.33. The summed E-state index contributed by atoms with van der Waals surface area (Å²) in [4.78, 5) is -0.820. The molecule has 1 aliphatic rings. The van der Waals surface area contributed by atoms with Crippen LogP contribution in [0, 0.1) is 17.2 Å². The molecular weight excluding hydrogens is 170 g/mol. The molecule has 0 aromatic rings. The van der Waals surface area contributed by atoms with Crippen molar-refractivity contribution >= 4 is 11.6 Å². The standard InChI is InChI=1S/C10H12ClN/c1-8-4-3-5-9(6-8)10(2,11)7-12/h3-5,8H,6H2,1-2H3. The zero-order chi connectivity index (χ0) is 9.19. The van der Waals surface area contributed by atoms with Gasteiger partial charge in [-0.05, 0) is 24.8 Å². The highest BCUT2D eigenvalue weighted by atomic mass is 35.5. The van der Waals surface area contributed by atoms with Crippen molar-refractivity contribution in [3.8, 4) is 6.07 Å². The zero-order valence-electron chi connectivity index (χ0n) is 7.34. The Morgan fingerprint density at radius 2 is 2.42 bits per heavy atom. The summed E-state index contributed by atoms with van der Waals surface area (Å²) in [5, 5.41) is 8.79. The van der Waals surface area contributed by atoms with Crippen LogP contribution in [-0.4, -0.2) is 4.87 Å². The third kappa shape index (κ3) is 1.89. The highest BCUT2D eigenvalue weighted by molar-refractivity contribution is 6.27. The van der Waals surface area contributed by atoms with Crippen LogP contribution in [0.3, 0.4) is 0 Å². The molecule has 0 aliphatic heterocycles.